The monoisotopic (exact) mass is 243 g/mol. The summed E-state index contributed by atoms with van der Waals surface area (Å²) in [5, 5.41) is 5.34. The van der Waals surface area contributed by atoms with Gasteiger partial charge in [-0.1, -0.05) is 12.2 Å². The van der Waals surface area contributed by atoms with Crippen LogP contribution in [0, 0.1) is 5.41 Å². The highest BCUT2D eigenvalue weighted by molar-refractivity contribution is 7.80. The number of thiocarbonyl (C=S) groups is 1. The van der Waals surface area contributed by atoms with Crippen LogP contribution in [0.4, 0.5) is 0 Å². The Hall–Kier alpha value is -1.17. The van der Waals surface area contributed by atoms with Crippen LogP contribution in [0.15, 0.2) is 0 Å². The molecule has 5 nitrogen and oxygen atoms in total. The Kier molecular flexibility index (Phi) is 4.23. The van der Waals surface area contributed by atoms with Gasteiger partial charge in [0.15, 0.2) is 0 Å². The topological polar surface area (TPSA) is 84.2 Å². The minimum Gasteiger partial charge on any atom is -0.392 e. The molecule has 0 aromatic heterocycles. The number of carbonyl (C=O) groups excluding carboxylic acids is 2. The molecular formula is C10H17N3O2S. The van der Waals surface area contributed by atoms with Gasteiger partial charge in [-0.25, -0.2) is 0 Å². The molecule has 16 heavy (non-hydrogen) atoms. The van der Waals surface area contributed by atoms with Crippen LogP contribution in [0.2, 0.25) is 0 Å². The lowest BCUT2D eigenvalue weighted by Gasteiger charge is -2.13. The molecule has 0 bridgehead atoms. The van der Waals surface area contributed by atoms with Crippen LogP contribution in [-0.2, 0) is 9.59 Å². The van der Waals surface area contributed by atoms with Gasteiger partial charge in [-0.2, -0.15) is 0 Å². The number of carbonyl (C=O) groups is 2. The van der Waals surface area contributed by atoms with E-state index in [1.807, 2.05) is 6.92 Å². The van der Waals surface area contributed by atoms with Crippen LogP contribution in [0.1, 0.15) is 26.2 Å². The summed E-state index contributed by atoms with van der Waals surface area (Å²) in [7, 11) is 0. The van der Waals surface area contributed by atoms with Crippen molar-refractivity contribution in [3.8, 4) is 0 Å². The van der Waals surface area contributed by atoms with E-state index >= 15 is 0 Å². The molecule has 0 aromatic rings. The zero-order valence-corrected chi connectivity index (χ0v) is 10.2. The molecule has 1 fully saturated rings. The Balaban J connectivity index is 2.26. The Morgan fingerprint density at radius 3 is 2.44 bits per heavy atom. The van der Waals surface area contributed by atoms with Crippen LogP contribution in [-0.4, -0.2) is 29.9 Å². The predicted octanol–water partition coefficient (Wildman–Crippen LogP) is -0.305. The van der Waals surface area contributed by atoms with Gasteiger partial charge in [0.2, 0.25) is 11.8 Å². The standard InChI is InChI=1S/C10H17N3O2S/c1-2-12-7(14)3-6-13-9(15)10(4-5-10)8(11)16/h2-6H2,1H3,(H2,11,16)(H,12,14)(H,13,15). The molecule has 0 radical (unpaired) electrons. The summed E-state index contributed by atoms with van der Waals surface area (Å²) in [6, 6.07) is 0. The van der Waals surface area contributed by atoms with E-state index in [9.17, 15) is 9.59 Å². The molecule has 1 aliphatic rings. The fourth-order valence-corrected chi connectivity index (χ4v) is 1.75. The van der Waals surface area contributed by atoms with Crippen LogP contribution in [0.25, 0.3) is 0 Å². The number of nitrogens with one attached hydrogen (secondary N) is 2. The van der Waals surface area contributed by atoms with Gasteiger partial charge in [0.1, 0.15) is 0 Å². The van der Waals surface area contributed by atoms with E-state index in [2.05, 4.69) is 10.6 Å². The van der Waals surface area contributed by atoms with Crippen LogP contribution in [0.5, 0.6) is 0 Å². The summed E-state index contributed by atoms with van der Waals surface area (Å²) in [6.07, 6.45) is 1.72. The smallest absolute Gasteiger partial charge is 0.233 e. The average molecular weight is 243 g/mol. The number of amides is 2. The van der Waals surface area contributed by atoms with Gasteiger partial charge in [0.05, 0.1) is 10.4 Å². The van der Waals surface area contributed by atoms with Gasteiger partial charge in [-0.05, 0) is 19.8 Å². The lowest BCUT2D eigenvalue weighted by molar-refractivity contribution is -0.124. The summed E-state index contributed by atoms with van der Waals surface area (Å²) in [5.41, 5.74) is 4.88. The van der Waals surface area contributed by atoms with E-state index in [0.29, 0.717) is 13.1 Å². The summed E-state index contributed by atoms with van der Waals surface area (Å²) in [5.74, 6) is -0.215. The van der Waals surface area contributed by atoms with Crippen molar-refractivity contribution >= 4 is 29.0 Å². The first-order valence-electron chi connectivity index (χ1n) is 5.38. The molecule has 1 aliphatic carbocycles. The Bertz CT molecular complexity index is 313. The molecule has 1 saturated carbocycles. The van der Waals surface area contributed by atoms with Crippen molar-refractivity contribution in [3.63, 3.8) is 0 Å². The number of nitrogens with two attached hydrogens (primary N) is 1. The molecular weight excluding hydrogens is 226 g/mol. The molecule has 1 rings (SSSR count). The SMILES string of the molecule is CCNC(=O)CCNC(=O)C1(C(N)=S)CC1. The third-order valence-electron chi connectivity index (χ3n) is 2.67. The van der Waals surface area contributed by atoms with E-state index in [1.54, 1.807) is 0 Å². The molecule has 0 spiro atoms. The summed E-state index contributed by atoms with van der Waals surface area (Å²) in [6.45, 7) is 2.78. The van der Waals surface area contributed by atoms with Crippen molar-refractivity contribution < 1.29 is 9.59 Å². The quantitative estimate of drug-likeness (QED) is 0.559. The van der Waals surface area contributed by atoms with Gasteiger partial charge in [-0.3, -0.25) is 9.59 Å². The minimum atomic E-state index is -0.628. The third kappa shape index (κ3) is 2.91. The van der Waals surface area contributed by atoms with E-state index < -0.39 is 5.41 Å². The molecule has 0 aromatic carbocycles. The van der Waals surface area contributed by atoms with E-state index in [0.717, 1.165) is 12.8 Å². The summed E-state index contributed by atoms with van der Waals surface area (Å²) >= 11 is 4.85. The maximum atomic E-state index is 11.7. The predicted molar refractivity (Wildman–Crippen MR) is 64.8 cm³/mol. The molecule has 0 unspecified atom stereocenters. The molecule has 4 N–H and O–H groups in total. The number of hydrogen-bond acceptors (Lipinski definition) is 3. The number of rotatable bonds is 6. The molecule has 0 saturated heterocycles. The molecule has 0 atom stereocenters. The lowest BCUT2D eigenvalue weighted by atomic mass is 10.1. The van der Waals surface area contributed by atoms with Crippen LogP contribution in [0.3, 0.4) is 0 Å². The Labute approximate surface area is 100 Å². The average Bonchev–Trinajstić information content (AvgIpc) is 2.98. The highest BCUT2D eigenvalue weighted by Gasteiger charge is 2.52. The van der Waals surface area contributed by atoms with E-state index in [-0.39, 0.29) is 23.2 Å². The van der Waals surface area contributed by atoms with Crippen molar-refractivity contribution in [2.24, 2.45) is 11.1 Å². The van der Waals surface area contributed by atoms with Crippen molar-refractivity contribution in [1.82, 2.24) is 10.6 Å². The van der Waals surface area contributed by atoms with Crippen molar-refractivity contribution in [2.75, 3.05) is 13.1 Å². The maximum absolute atomic E-state index is 11.7. The second-order valence-electron chi connectivity index (χ2n) is 3.91. The molecule has 90 valence electrons. The first kappa shape index (κ1) is 12.9. The second kappa shape index (κ2) is 5.25. The lowest BCUT2D eigenvalue weighted by Crippen LogP contribution is -2.41. The summed E-state index contributed by atoms with van der Waals surface area (Å²) < 4.78 is 0. The van der Waals surface area contributed by atoms with E-state index in [4.69, 9.17) is 18.0 Å². The second-order valence-corrected chi connectivity index (χ2v) is 4.35. The number of hydrogen-bond donors (Lipinski definition) is 3. The first-order chi connectivity index (χ1) is 7.53. The van der Waals surface area contributed by atoms with Gasteiger partial charge in [0, 0.05) is 19.5 Å². The van der Waals surface area contributed by atoms with Gasteiger partial charge < -0.3 is 16.4 Å². The fourth-order valence-electron chi connectivity index (χ4n) is 1.45. The molecule has 0 heterocycles. The zero-order valence-electron chi connectivity index (χ0n) is 9.34. The zero-order chi connectivity index (χ0) is 12.2. The highest BCUT2D eigenvalue weighted by Crippen LogP contribution is 2.46. The van der Waals surface area contributed by atoms with Gasteiger partial charge in [-0.15, -0.1) is 0 Å². The molecule has 2 amide bonds. The van der Waals surface area contributed by atoms with E-state index in [1.165, 1.54) is 0 Å². The largest absolute Gasteiger partial charge is 0.392 e. The van der Waals surface area contributed by atoms with Crippen molar-refractivity contribution in [2.45, 2.75) is 26.2 Å². The summed E-state index contributed by atoms with van der Waals surface area (Å²) in [4.78, 5) is 23.1. The third-order valence-corrected chi connectivity index (χ3v) is 3.06. The Morgan fingerprint density at radius 1 is 1.38 bits per heavy atom. The molecule has 0 aliphatic heterocycles. The van der Waals surface area contributed by atoms with Gasteiger partial charge in [0.25, 0.3) is 0 Å². The van der Waals surface area contributed by atoms with Crippen molar-refractivity contribution in [1.29, 1.82) is 0 Å². The van der Waals surface area contributed by atoms with Gasteiger partial charge >= 0.3 is 0 Å². The van der Waals surface area contributed by atoms with Crippen LogP contribution < -0.4 is 16.4 Å². The van der Waals surface area contributed by atoms with Crippen LogP contribution >= 0.6 is 12.2 Å². The van der Waals surface area contributed by atoms with Crippen molar-refractivity contribution in [3.05, 3.63) is 0 Å². The first-order valence-corrected chi connectivity index (χ1v) is 5.78. The normalized spacial score (nSPS) is 16.3. The fraction of sp³-hybridized carbons (Fsp3) is 0.700. The minimum absolute atomic E-state index is 0.0667. The Morgan fingerprint density at radius 2 is 2.00 bits per heavy atom. The maximum Gasteiger partial charge on any atom is 0.233 e. The highest BCUT2D eigenvalue weighted by atomic mass is 32.1. The molecule has 6 heteroatoms.